The SMILES string of the molecule is CCN(C(=S)NC(=O)Cc1ccc(Cl)cc1)c1ccccc1. The molecular formula is C17H17ClN2OS. The van der Waals surface area contributed by atoms with Crippen LogP contribution in [0.4, 0.5) is 5.69 Å². The first-order valence-corrected chi connectivity index (χ1v) is 7.79. The molecular weight excluding hydrogens is 316 g/mol. The van der Waals surface area contributed by atoms with Crippen LogP contribution in [0, 0.1) is 0 Å². The zero-order chi connectivity index (χ0) is 15.9. The van der Waals surface area contributed by atoms with Gasteiger partial charge in [-0.3, -0.25) is 4.79 Å². The zero-order valence-electron chi connectivity index (χ0n) is 12.3. The minimum atomic E-state index is -0.137. The Labute approximate surface area is 140 Å². The first-order valence-electron chi connectivity index (χ1n) is 7.01. The summed E-state index contributed by atoms with van der Waals surface area (Å²) in [5, 5.41) is 3.84. The van der Waals surface area contributed by atoms with E-state index in [1.54, 1.807) is 12.1 Å². The van der Waals surface area contributed by atoms with E-state index < -0.39 is 0 Å². The number of carbonyl (C=O) groups excluding carboxylic acids is 1. The average molecular weight is 333 g/mol. The summed E-state index contributed by atoms with van der Waals surface area (Å²) in [6.45, 7) is 2.68. The van der Waals surface area contributed by atoms with Crippen LogP contribution in [0.1, 0.15) is 12.5 Å². The van der Waals surface area contributed by atoms with Crippen molar-refractivity contribution < 1.29 is 4.79 Å². The Kier molecular flexibility index (Phi) is 5.92. The van der Waals surface area contributed by atoms with Crippen molar-refractivity contribution in [2.24, 2.45) is 0 Å². The van der Waals surface area contributed by atoms with Gasteiger partial charge in [-0.2, -0.15) is 0 Å². The highest BCUT2D eigenvalue weighted by molar-refractivity contribution is 7.80. The highest BCUT2D eigenvalue weighted by atomic mass is 35.5. The molecule has 0 aliphatic rings. The first kappa shape index (κ1) is 16.5. The monoisotopic (exact) mass is 332 g/mol. The summed E-state index contributed by atoms with van der Waals surface area (Å²) < 4.78 is 0. The summed E-state index contributed by atoms with van der Waals surface area (Å²) in [4.78, 5) is 14.0. The van der Waals surface area contributed by atoms with Crippen molar-refractivity contribution in [2.75, 3.05) is 11.4 Å². The van der Waals surface area contributed by atoms with Crippen molar-refractivity contribution >= 4 is 40.5 Å². The molecule has 22 heavy (non-hydrogen) atoms. The number of benzene rings is 2. The second-order valence-electron chi connectivity index (χ2n) is 4.74. The van der Waals surface area contributed by atoms with E-state index in [-0.39, 0.29) is 12.3 Å². The fraction of sp³-hybridized carbons (Fsp3) is 0.176. The molecule has 2 rings (SSSR count). The fourth-order valence-corrected chi connectivity index (χ4v) is 2.54. The number of carbonyl (C=O) groups is 1. The molecule has 0 aliphatic carbocycles. The standard InChI is InChI=1S/C17H17ClN2OS/c1-2-20(15-6-4-3-5-7-15)17(22)19-16(21)12-13-8-10-14(18)11-9-13/h3-11H,2,12H2,1H3,(H,19,21,22). The van der Waals surface area contributed by atoms with Crippen molar-refractivity contribution in [1.82, 2.24) is 5.32 Å². The molecule has 0 spiro atoms. The third-order valence-corrected chi connectivity index (χ3v) is 3.73. The molecule has 0 atom stereocenters. The molecule has 0 heterocycles. The number of nitrogens with zero attached hydrogens (tertiary/aromatic N) is 1. The minimum Gasteiger partial charge on any atom is -0.319 e. The third kappa shape index (κ3) is 4.55. The average Bonchev–Trinajstić information content (AvgIpc) is 2.51. The summed E-state index contributed by atoms with van der Waals surface area (Å²) in [5.41, 5.74) is 1.86. The van der Waals surface area contributed by atoms with Crippen LogP contribution in [0.3, 0.4) is 0 Å². The molecule has 0 aliphatic heterocycles. The maximum atomic E-state index is 12.1. The molecule has 1 N–H and O–H groups in total. The van der Waals surface area contributed by atoms with Crippen molar-refractivity contribution in [1.29, 1.82) is 0 Å². The third-order valence-electron chi connectivity index (χ3n) is 3.15. The van der Waals surface area contributed by atoms with Crippen molar-refractivity contribution in [3.8, 4) is 0 Å². The number of hydrogen-bond donors (Lipinski definition) is 1. The van der Waals surface area contributed by atoms with E-state index in [2.05, 4.69) is 5.32 Å². The maximum absolute atomic E-state index is 12.1. The van der Waals surface area contributed by atoms with Crippen LogP contribution >= 0.6 is 23.8 Å². The van der Waals surface area contributed by atoms with Crippen LogP contribution in [-0.4, -0.2) is 17.6 Å². The summed E-state index contributed by atoms with van der Waals surface area (Å²) >= 11 is 11.2. The van der Waals surface area contributed by atoms with E-state index in [4.69, 9.17) is 23.8 Å². The second kappa shape index (κ2) is 7.92. The summed E-state index contributed by atoms with van der Waals surface area (Å²) in [6, 6.07) is 16.9. The molecule has 2 aromatic rings. The fourth-order valence-electron chi connectivity index (χ4n) is 2.07. The van der Waals surface area contributed by atoms with Gasteiger partial charge >= 0.3 is 0 Å². The number of nitrogens with one attached hydrogen (secondary N) is 1. The van der Waals surface area contributed by atoms with E-state index in [1.165, 1.54) is 0 Å². The number of thiocarbonyl (C=S) groups is 1. The van der Waals surface area contributed by atoms with Crippen LogP contribution in [0.15, 0.2) is 54.6 Å². The van der Waals surface area contributed by atoms with Crippen molar-refractivity contribution in [3.63, 3.8) is 0 Å². The lowest BCUT2D eigenvalue weighted by atomic mass is 10.1. The molecule has 0 radical (unpaired) electrons. The lowest BCUT2D eigenvalue weighted by Gasteiger charge is -2.23. The molecule has 0 unspecified atom stereocenters. The van der Waals surface area contributed by atoms with Crippen LogP contribution in [-0.2, 0) is 11.2 Å². The Hall–Kier alpha value is -1.91. The molecule has 3 nitrogen and oxygen atoms in total. The van der Waals surface area contributed by atoms with E-state index >= 15 is 0 Å². The van der Waals surface area contributed by atoms with Crippen LogP contribution in [0.5, 0.6) is 0 Å². The molecule has 0 aromatic heterocycles. The zero-order valence-corrected chi connectivity index (χ0v) is 13.8. The van der Waals surface area contributed by atoms with Gasteiger partial charge in [-0.05, 0) is 49.0 Å². The minimum absolute atomic E-state index is 0.137. The van der Waals surface area contributed by atoms with E-state index in [0.717, 1.165) is 11.3 Å². The van der Waals surface area contributed by atoms with Gasteiger partial charge < -0.3 is 10.2 Å². The first-order chi connectivity index (χ1) is 10.6. The number of anilines is 1. The van der Waals surface area contributed by atoms with E-state index in [9.17, 15) is 4.79 Å². The van der Waals surface area contributed by atoms with Gasteiger partial charge in [0.05, 0.1) is 6.42 Å². The van der Waals surface area contributed by atoms with Crippen LogP contribution in [0.2, 0.25) is 5.02 Å². The van der Waals surface area contributed by atoms with Gasteiger partial charge in [0.2, 0.25) is 5.91 Å². The molecule has 0 fully saturated rings. The van der Waals surface area contributed by atoms with Crippen LogP contribution in [0.25, 0.3) is 0 Å². The molecule has 0 bridgehead atoms. The Balaban J connectivity index is 1.98. The summed E-state index contributed by atoms with van der Waals surface area (Å²) in [6.07, 6.45) is 0.268. The summed E-state index contributed by atoms with van der Waals surface area (Å²) in [7, 11) is 0. The number of para-hydroxylation sites is 1. The Bertz CT molecular complexity index is 643. The quantitative estimate of drug-likeness (QED) is 0.864. The number of hydrogen-bond acceptors (Lipinski definition) is 2. The number of rotatable bonds is 4. The predicted molar refractivity (Wildman–Crippen MR) is 95.4 cm³/mol. The molecule has 5 heteroatoms. The van der Waals surface area contributed by atoms with E-state index in [1.807, 2.05) is 54.3 Å². The largest absolute Gasteiger partial charge is 0.319 e. The van der Waals surface area contributed by atoms with Gasteiger partial charge in [0.1, 0.15) is 0 Å². The highest BCUT2D eigenvalue weighted by Gasteiger charge is 2.13. The normalized spacial score (nSPS) is 10.1. The van der Waals surface area contributed by atoms with Crippen molar-refractivity contribution in [3.05, 3.63) is 65.2 Å². The molecule has 114 valence electrons. The van der Waals surface area contributed by atoms with Gasteiger partial charge in [-0.15, -0.1) is 0 Å². The van der Waals surface area contributed by atoms with Crippen LogP contribution < -0.4 is 10.2 Å². The maximum Gasteiger partial charge on any atom is 0.230 e. The van der Waals surface area contributed by atoms with Gasteiger partial charge in [0, 0.05) is 17.3 Å². The lowest BCUT2D eigenvalue weighted by molar-refractivity contribution is -0.119. The Morgan fingerprint density at radius 3 is 2.36 bits per heavy atom. The van der Waals surface area contributed by atoms with Crippen molar-refractivity contribution in [2.45, 2.75) is 13.3 Å². The summed E-state index contributed by atoms with van der Waals surface area (Å²) in [5.74, 6) is -0.137. The highest BCUT2D eigenvalue weighted by Crippen LogP contribution is 2.13. The second-order valence-corrected chi connectivity index (χ2v) is 5.56. The Morgan fingerprint density at radius 2 is 1.77 bits per heavy atom. The smallest absolute Gasteiger partial charge is 0.230 e. The topological polar surface area (TPSA) is 32.3 Å². The van der Waals surface area contributed by atoms with Gasteiger partial charge in [0.15, 0.2) is 5.11 Å². The molecule has 1 amide bonds. The Morgan fingerprint density at radius 1 is 1.14 bits per heavy atom. The number of amides is 1. The molecule has 0 saturated carbocycles. The molecule has 2 aromatic carbocycles. The lowest BCUT2D eigenvalue weighted by Crippen LogP contribution is -2.43. The van der Waals surface area contributed by atoms with E-state index in [0.29, 0.717) is 16.7 Å². The van der Waals surface area contributed by atoms with Gasteiger partial charge in [-0.1, -0.05) is 41.9 Å². The van der Waals surface area contributed by atoms with Gasteiger partial charge in [0.25, 0.3) is 0 Å². The molecule has 0 saturated heterocycles. The van der Waals surface area contributed by atoms with Gasteiger partial charge in [-0.25, -0.2) is 0 Å². The predicted octanol–water partition coefficient (Wildman–Crippen LogP) is 3.81. The number of halogens is 1.